The molecule has 0 radical (unpaired) electrons. The number of likely N-dealkylation sites (N-methyl/N-ethyl adjacent to an activating group) is 1. The fraction of sp³-hybridized carbons (Fsp3) is 0.571. The highest BCUT2D eigenvalue weighted by Gasteiger charge is 2.17. The molecular formula is C14H19Br2NO. The molecule has 4 heteroatoms. The number of halogens is 2. The van der Waals surface area contributed by atoms with Crippen molar-refractivity contribution >= 4 is 37.5 Å². The van der Waals surface area contributed by atoms with E-state index in [2.05, 4.69) is 62.0 Å². The fourth-order valence-electron chi connectivity index (χ4n) is 2.36. The van der Waals surface area contributed by atoms with E-state index in [9.17, 15) is 0 Å². The van der Waals surface area contributed by atoms with Gasteiger partial charge in [-0.25, -0.2) is 0 Å². The Morgan fingerprint density at radius 1 is 1.39 bits per heavy atom. The zero-order valence-electron chi connectivity index (χ0n) is 10.7. The second kappa shape index (κ2) is 6.92. The Morgan fingerprint density at radius 3 is 2.89 bits per heavy atom. The lowest BCUT2D eigenvalue weighted by molar-refractivity contribution is 0.0216. The molecule has 0 N–H and O–H groups in total. The topological polar surface area (TPSA) is 12.5 Å². The van der Waals surface area contributed by atoms with Crippen LogP contribution in [0.4, 0.5) is 5.69 Å². The van der Waals surface area contributed by atoms with Gasteiger partial charge in [0.25, 0.3) is 0 Å². The predicted molar refractivity (Wildman–Crippen MR) is 83.6 cm³/mol. The maximum absolute atomic E-state index is 5.81. The maximum atomic E-state index is 5.81. The van der Waals surface area contributed by atoms with Gasteiger partial charge >= 0.3 is 0 Å². The van der Waals surface area contributed by atoms with E-state index in [0.717, 1.165) is 23.0 Å². The smallest absolute Gasteiger partial charge is 0.0749 e. The molecule has 1 atom stereocenters. The fourth-order valence-corrected chi connectivity index (χ4v) is 3.18. The molecule has 1 aliphatic heterocycles. The molecule has 2 nitrogen and oxygen atoms in total. The molecule has 0 aromatic heterocycles. The number of hydrogen-bond donors (Lipinski definition) is 0. The summed E-state index contributed by atoms with van der Waals surface area (Å²) in [5, 5.41) is 0.880. The number of alkyl halides is 1. The van der Waals surface area contributed by atoms with Gasteiger partial charge in [-0.05, 0) is 37.0 Å². The highest BCUT2D eigenvalue weighted by atomic mass is 79.9. The molecule has 18 heavy (non-hydrogen) atoms. The van der Waals surface area contributed by atoms with Gasteiger partial charge in [-0.2, -0.15) is 0 Å². The third-order valence-corrected chi connectivity index (χ3v) is 4.45. The van der Waals surface area contributed by atoms with Crippen molar-refractivity contribution in [2.75, 3.05) is 25.1 Å². The van der Waals surface area contributed by atoms with E-state index in [1.807, 2.05) is 0 Å². The van der Waals surface area contributed by atoms with Gasteiger partial charge in [0.2, 0.25) is 0 Å². The van der Waals surface area contributed by atoms with Gasteiger partial charge in [0, 0.05) is 35.7 Å². The number of nitrogens with zero attached hydrogens (tertiary/aromatic N) is 1. The average Bonchev–Trinajstić information content (AvgIpc) is 2.40. The van der Waals surface area contributed by atoms with Crippen molar-refractivity contribution in [3.63, 3.8) is 0 Å². The number of anilines is 1. The third-order valence-electron chi connectivity index (χ3n) is 3.35. The Kier molecular flexibility index (Phi) is 5.52. The summed E-state index contributed by atoms with van der Waals surface area (Å²) in [7, 11) is 2.14. The van der Waals surface area contributed by atoms with Crippen LogP contribution < -0.4 is 4.90 Å². The molecule has 0 amide bonds. The molecule has 1 aromatic carbocycles. The van der Waals surface area contributed by atoms with Crippen molar-refractivity contribution in [1.29, 1.82) is 0 Å². The van der Waals surface area contributed by atoms with Crippen molar-refractivity contribution in [2.24, 2.45) is 0 Å². The molecule has 100 valence electrons. The molecule has 0 saturated carbocycles. The van der Waals surface area contributed by atoms with E-state index in [-0.39, 0.29) is 0 Å². The van der Waals surface area contributed by atoms with E-state index in [0.29, 0.717) is 6.10 Å². The van der Waals surface area contributed by atoms with Crippen molar-refractivity contribution in [1.82, 2.24) is 0 Å². The second-order valence-corrected chi connectivity index (χ2v) is 6.25. The lowest BCUT2D eigenvalue weighted by Gasteiger charge is -2.29. The van der Waals surface area contributed by atoms with Gasteiger partial charge in [0.1, 0.15) is 0 Å². The summed E-state index contributed by atoms with van der Waals surface area (Å²) in [6.45, 7) is 1.89. The first-order chi connectivity index (χ1) is 8.70. The summed E-state index contributed by atoms with van der Waals surface area (Å²) in [4.78, 5) is 2.30. The minimum atomic E-state index is 0.380. The Balaban J connectivity index is 2.07. The van der Waals surface area contributed by atoms with Gasteiger partial charge < -0.3 is 9.64 Å². The van der Waals surface area contributed by atoms with Crippen LogP contribution in [0.15, 0.2) is 22.7 Å². The van der Waals surface area contributed by atoms with E-state index < -0.39 is 0 Å². The SMILES string of the molecule is CN(CC1CCCCO1)c1cc(Br)ccc1CBr. The molecule has 2 rings (SSSR count). The Hall–Kier alpha value is -0.0600. The summed E-state index contributed by atoms with van der Waals surface area (Å²) in [5.41, 5.74) is 2.59. The quantitative estimate of drug-likeness (QED) is 0.724. The zero-order chi connectivity index (χ0) is 13.0. The number of hydrogen-bond acceptors (Lipinski definition) is 2. The van der Waals surface area contributed by atoms with Gasteiger partial charge in [-0.3, -0.25) is 0 Å². The molecule has 1 saturated heterocycles. The first-order valence-electron chi connectivity index (χ1n) is 6.38. The minimum Gasteiger partial charge on any atom is -0.376 e. The van der Waals surface area contributed by atoms with Crippen LogP contribution in [0.25, 0.3) is 0 Å². The molecule has 0 aliphatic carbocycles. The summed E-state index contributed by atoms with van der Waals surface area (Å²) in [6, 6.07) is 6.43. The molecule has 1 unspecified atom stereocenters. The predicted octanol–water partition coefficient (Wildman–Crippen LogP) is 4.35. The van der Waals surface area contributed by atoms with Crippen LogP contribution in [0.5, 0.6) is 0 Å². The maximum Gasteiger partial charge on any atom is 0.0749 e. The van der Waals surface area contributed by atoms with E-state index in [1.165, 1.54) is 30.5 Å². The molecular weight excluding hydrogens is 358 g/mol. The summed E-state index contributed by atoms with van der Waals surface area (Å²) >= 11 is 7.10. The molecule has 1 heterocycles. The number of ether oxygens (including phenoxy) is 1. The van der Waals surface area contributed by atoms with Gasteiger partial charge in [-0.15, -0.1) is 0 Å². The van der Waals surface area contributed by atoms with Crippen LogP contribution in [0.1, 0.15) is 24.8 Å². The van der Waals surface area contributed by atoms with Gasteiger partial charge in [-0.1, -0.05) is 37.9 Å². The lowest BCUT2D eigenvalue weighted by Crippen LogP contribution is -2.33. The Bertz CT molecular complexity index is 391. The van der Waals surface area contributed by atoms with Crippen LogP contribution >= 0.6 is 31.9 Å². The number of rotatable bonds is 4. The van der Waals surface area contributed by atoms with E-state index >= 15 is 0 Å². The van der Waals surface area contributed by atoms with Crippen LogP contribution in [0.3, 0.4) is 0 Å². The van der Waals surface area contributed by atoms with Crippen molar-refractivity contribution < 1.29 is 4.74 Å². The normalized spacial score (nSPS) is 19.8. The largest absolute Gasteiger partial charge is 0.376 e. The molecule has 0 bridgehead atoms. The molecule has 1 aromatic rings. The first kappa shape index (κ1) is 14.4. The molecule has 1 fully saturated rings. The van der Waals surface area contributed by atoms with Crippen LogP contribution in [0, 0.1) is 0 Å². The van der Waals surface area contributed by atoms with Crippen LogP contribution in [0.2, 0.25) is 0 Å². The lowest BCUT2D eigenvalue weighted by atomic mass is 10.1. The zero-order valence-corrected chi connectivity index (χ0v) is 13.8. The van der Waals surface area contributed by atoms with Gasteiger partial charge in [0.05, 0.1) is 6.10 Å². The Morgan fingerprint density at radius 2 is 2.22 bits per heavy atom. The average molecular weight is 377 g/mol. The summed E-state index contributed by atoms with van der Waals surface area (Å²) in [5.74, 6) is 0. The summed E-state index contributed by atoms with van der Waals surface area (Å²) < 4.78 is 6.93. The van der Waals surface area contributed by atoms with Crippen molar-refractivity contribution in [3.05, 3.63) is 28.2 Å². The minimum absolute atomic E-state index is 0.380. The standard InChI is InChI=1S/C14H19Br2NO/c1-17(10-13-4-2-3-7-18-13)14-8-12(16)6-5-11(14)9-15/h5-6,8,13H,2-4,7,9-10H2,1H3. The highest BCUT2D eigenvalue weighted by Crippen LogP contribution is 2.27. The monoisotopic (exact) mass is 375 g/mol. The number of benzene rings is 1. The first-order valence-corrected chi connectivity index (χ1v) is 8.29. The third kappa shape index (κ3) is 3.72. The van der Waals surface area contributed by atoms with Gasteiger partial charge in [0.15, 0.2) is 0 Å². The second-order valence-electron chi connectivity index (χ2n) is 4.78. The van der Waals surface area contributed by atoms with Crippen molar-refractivity contribution in [3.8, 4) is 0 Å². The highest BCUT2D eigenvalue weighted by molar-refractivity contribution is 9.10. The van der Waals surface area contributed by atoms with E-state index in [4.69, 9.17) is 4.74 Å². The van der Waals surface area contributed by atoms with Crippen LogP contribution in [-0.2, 0) is 10.1 Å². The summed E-state index contributed by atoms with van der Waals surface area (Å²) in [6.07, 6.45) is 4.07. The molecule has 1 aliphatic rings. The van der Waals surface area contributed by atoms with Crippen LogP contribution in [-0.4, -0.2) is 26.3 Å². The van der Waals surface area contributed by atoms with Crippen molar-refractivity contribution in [2.45, 2.75) is 30.7 Å². The van der Waals surface area contributed by atoms with E-state index in [1.54, 1.807) is 0 Å². The Labute approximate surface area is 126 Å². The molecule has 0 spiro atoms.